The van der Waals surface area contributed by atoms with Gasteiger partial charge in [-0.2, -0.15) is 14.2 Å². The number of anilines is 1. The smallest absolute Gasteiger partial charge is 0.337 e. The first-order valence-electron chi connectivity index (χ1n) is 7.17. The highest BCUT2D eigenvalue weighted by atomic mass is 16.3. The van der Waals surface area contributed by atoms with Gasteiger partial charge in [0.25, 0.3) is 11.3 Å². The van der Waals surface area contributed by atoms with Gasteiger partial charge in [0, 0.05) is 11.8 Å². The van der Waals surface area contributed by atoms with Crippen LogP contribution in [0.4, 0.5) is 5.69 Å². The molecule has 2 N–H and O–H groups in total. The fourth-order valence-corrected chi connectivity index (χ4v) is 2.49. The second-order valence-electron chi connectivity index (χ2n) is 4.98. The number of benzene rings is 1. The number of pyridine rings is 1. The molecule has 1 aromatic carbocycles. The van der Waals surface area contributed by atoms with E-state index in [1.54, 1.807) is 39.4 Å². The Hall–Kier alpha value is -3.33. The number of rotatable bonds is 4. The van der Waals surface area contributed by atoms with Gasteiger partial charge in [-0.1, -0.05) is 24.3 Å². The Bertz CT molecular complexity index is 894. The molecule has 2 heterocycles. The number of aromatic nitrogens is 2. The number of carbonyl (C=O) groups is 1. The van der Waals surface area contributed by atoms with Crippen LogP contribution < -0.4 is 9.88 Å². The van der Waals surface area contributed by atoms with Crippen molar-refractivity contribution in [2.75, 3.05) is 5.32 Å². The maximum atomic E-state index is 12.6. The Morgan fingerprint density at radius 1 is 1.22 bits per heavy atom. The highest BCUT2D eigenvalue weighted by Gasteiger charge is 2.30. The fraction of sp³-hybridized carbons (Fsp3) is 0.118. The Kier molecular flexibility index (Phi) is 3.93. The summed E-state index contributed by atoms with van der Waals surface area (Å²) in [4.78, 5) is 12.6. The molecule has 0 spiro atoms. The Labute approximate surface area is 132 Å². The van der Waals surface area contributed by atoms with Crippen LogP contribution in [0.15, 0.2) is 54.7 Å². The number of aryl methyl sites for hydroxylation is 1. The molecule has 114 valence electrons. The van der Waals surface area contributed by atoms with Gasteiger partial charge in [0.1, 0.15) is 6.54 Å². The molecule has 0 aliphatic heterocycles. The lowest BCUT2D eigenvalue weighted by molar-refractivity contribution is -0.675. The maximum Gasteiger partial charge on any atom is 0.337 e. The number of imidazole rings is 1. The van der Waals surface area contributed by atoms with Gasteiger partial charge in [-0.15, -0.1) is 0 Å². The standard InChI is InChI=1S/C17H14N4O2/c18-10-6-12-21-14-9-4-5-11-20(14)15(17(21)23)16(22)19-13-7-2-1-3-8-13/h1-5,7-9,11H,6,12H2,(H-,19,22,23)/p+1. The van der Waals surface area contributed by atoms with Crippen LogP contribution >= 0.6 is 0 Å². The Balaban J connectivity index is 2.05. The highest BCUT2D eigenvalue weighted by Crippen LogP contribution is 2.19. The van der Waals surface area contributed by atoms with Crippen LogP contribution in [0.25, 0.3) is 5.65 Å². The van der Waals surface area contributed by atoms with E-state index >= 15 is 0 Å². The minimum atomic E-state index is -0.411. The summed E-state index contributed by atoms with van der Waals surface area (Å²) in [5.41, 5.74) is 1.44. The lowest BCUT2D eigenvalue weighted by atomic mass is 10.3. The van der Waals surface area contributed by atoms with Gasteiger partial charge in [-0.25, -0.2) is 0 Å². The molecule has 3 aromatic rings. The van der Waals surface area contributed by atoms with Crippen molar-refractivity contribution in [3.63, 3.8) is 0 Å². The van der Waals surface area contributed by atoms with Crippen LogP contribution in [-0.4, -0.2) is 15.4 Å². The van der Waals surface area contributed by atoms with Gasteiger partial charge in [0.05, 0.1) is 18.7 Å². The van der Waals surface area contributed by atoms with E-state index < -0.39 is 5.91 Å². The van der Waals surface area contributed by atoms with E-state index in [-0.39, 0.29) is 18.0 Å². The molecule has 2 aromatic heterocycles. The quantitative estimate of drug-likeness (QED) is 0.724. The minimum absolute atomic E-state index is 0.141. The molecular weight excluding hydrogens is 292 g/mol. The topological polar surface area (TPSA) is 81.4 Å². The highest BCUT2D eigenvalue weighted by molar-refractivity contribution is 6.04. The van der Waals surface area contributed by atoms with Crippen molar-refractivity contribution in [1.29, 1.82) is 5.26 Å². The number of hydrogen-bond acceptors (Lipinski definition) is 3. The molecule has 0 bridgehead atoms. The molecule has 0 fully saturated rings. The van der Waals surface area contributed by atoms with E-state index in [2.05, 4.69) is 5.32 Å². The lowest BCUT2D eigenvalue weighted by Crippen LogP contribution is -2.33. The molecule has 0 atom stereocenters. The first kappa shape index (κ1) is 14.6. The molecule has 6 nitrogen and oxygen atoms in total. The number of nitrogens with zero attached hydrogens (tertiary/aromatic N) is 3. The van der Waals surface area contributed by atoms with Gasteiger partial charge in [0.15, 0.2) is 0 Å². The van der Waals surface area contributed by atoms with Gasteiger partial charge in [-0.3, -0.25) is 4.79 Å². The van der Waals surface area contributed by atoms with Crippen LogP contribution in [0.1, 0.15) is 16.9 Å². The molecule has 0 unspecified atom stereocenters. The molecule has 0 aliphatic rings. The zero-order valence-electron chi connectivity index (χ0n) is 12.3. The van der Waals surface area contributed by atoms with Crippen molar-refractivity contribution in [1.82, 2.24) is 4.40 Å². The molecular formula is C17H15N4O2+. The van der Waals surface area contributed by atoms with Crippen molar-refractivity contribution >= 4 is 17.2 Å². The van der Waals surface area contributed by atoms with Crippen LogP contribution in [0, 0.1) is 11.3 Å². The lowest BCUT2D eigenvalue weighted by Gasteiger charge is -2.01. The van der Waals surface area contributed by atoms with E-state index in [1.165, 1.54) is 0 Å². The largest absolute Gasteiger partial charge is 0.475 e. The zero-order chi connectivity index (χ0) is 16.2. The number of aromatic hydroxyl groups is 1. The maximum absolute atomic E-state index is 12.6. The average Bonchev–Trinajstić information content (AvgIpc) is 2.85. The summed E-state index contributed by atoms with van der Waals surface area (Å²) in [6.07, 6.45) is 1.95. The van der Waals surface area contributed by atoms with E-state index in [0.717, 1.165) is 0 Å². The van der Waals surface area contributed by atoms with Crippen LogP contribution in [0.5, 0.6) is 5.88 Å². The monoisotopic (exact) mass is 307 g/mol. The van der Waals surface area contributed by atoms with Crippen LogP contribution in [-0.2, 0) is 6.54 Å². The number of hydrogen-bond donors (Lipinski definition) is 2. The zero-order valence-corrected chi connectivity index (χ0v) is 12.3. The fourth-order valence-electron chi connectivity index (χ4n) is 2.49. The number of carbonyl (C=O) groups excluding carboxylic acids is 1. The Morgan fingerprint density at radius 2 is 1.96 bits per heavy atom. The Morgan fingerprint density at radius 3 is 2.70 bits per heavy atom. The summed E-state index contributed by atoms with van der Waals surface area (Å²) >= 11 is 0. The normalized spacial score (nSPS) is 10.4. The molecule has 3 rings (SSSR count). The summed E-state index contributed by atoms with van der Waals surface area (Å²) in [5, 5.41) is 22.0. The predicted molar refractivity (Wildman–Crippen MR) is 83.9 cm³/mol. The molecule has 0 saturated heterocycles. The van der Waals surface area contributed by atoms with Gasteiger partial charge < -0.3 is 10.4 Å². The number of para-hydroxylation sites is 1. The van der Waals surface area contributed by atoms with Crippen molar-refractivity contribution in [3.8, 4) is 11.9 Å². The number of nitrogens with one attached hydrogen (secondary N) is 1. The number of fused-ring (bicyclic) bond motifs is 1. The summed E-state index contributed by atoms with van der Waals surface area (Å²) in [7, 11) is 0. The number of amides is 1. The third-order valence-corrected chi connectivity index (χ3v) is 3.52. The van der Waals surface area contributed by atoms with Gasteiger partial charge in [0.2, 0.25) is 0 Å². The van der Waals surface area contributed by atoms with E-state index in [0.29, 0.717) is 17.9 Å². The van der Waals surface area contributed by atoms with E-state index in [4.69, 9.17) is 5.26 Å². The van der Waals surface area contributed by atoms with Gasteiger partial charge >= 0.3 is 11.8 Å². The minimum Gasteiger partial charge on any atom is -0.475 e. The second kappa shape index (κ2) is 6.20. The average molecular weight is 307 g/mol. The third-order valence-electron chi connectivity index (χ3n) is 3.52. The van der Waals surface area contributed by atoms with Crippen molar-refractivity contribution in [2.45, 2.75) is 13.0 Å². The molecule has 6 heteroatoms. The molecule has 1 amide bonds. The summed E-state index contributed by atoms with van der Waals surface area (Å²) in [5.74, 6) is -0.564. The van der Waals surface area contributed by atoms with Crippen molar-refractivity contribution in [3.05, 3.63) is 60.4 Å². The summed E-state index contributed by atoms with van der Waals surface area (Å²) in [6, 6.07) is 16.5. The van der Waals surface area contributed by atoms with Gasteiger partial charge in [-0.05, 0) is 18.2 Å². The first-order valence-corrected chi connectivity index (χ1v) is 7.17. The van der Waals surface area contributed by atoms with E-state index in [1.807, 2.05) is 30.3 Å². The second-order valence-corrected chi connectivity index (χ2v) is 4.98. The van der Waals surface area contributed by atoms with Crippen molar-refractivity contribution < 1.29 is 14.5 Å². The third kappa shape index (κ3) is 2.72. The molecule has 0 radical (unpaired) electrons. The van der Waals surface area contributed by atoms with Crippen LogP contribution in [0.2, 0.25) is 0 Å². The summed E-state index contributed by atoms with van der Waals surface area (Å²) < 4.78 is 3.17. The first-order chi connectivity index (χ1) is 11.2. The molecule has 0 aliphatic carbocycles. The predicted octanol–water partition coefficient (Wildman–Crippen LogP) is 2.10. The molecule has 0 saturated carbocycles. The molecule has 23 heavy (non-hydrogen) atoms. The SMILES string of the molecule is N#CCC[n+]1c(O)c(C(=O)Nc2ccccc2)n2ccccc21. The summed E-state index contributed by atoms with van der Waals surface area (Å²) in [6.45, 7) is 0.314. The number of nitriles is 1. The van der Waals surface area contributed by atoms with Crippen molar-refractivity contribution in [2.24, 2.45) is 0 Å². The van der Waals surface area contributed by atoms with Crippen LogP contribution in [0.3, 0.4) is 0 Å². The van der Waals surface area contributed by atoms with E-state index in [9.17, 15) is 9.90 Å².